The lowest BCUT2D eigenvalue weighted by molar-refractivity contribution is -0.201. The number of benzene rings is 1. The topological polar surface area (TPSA) is 170 Å². The third-order valence-electron chi connectivity index (χ3n) is 8.84. The molecule has 3 aliphatic rings. The molecule has 1 aromatic carbocycles. The number of ether oxygens (including phenoxy) is 7. The monoisotopic (exact) mass is 730 g/mol. The standard InChI is InChI=1S/C35H47ClN6O9/c1-21(2)20-48-16-15-47-14-13-46-12-11-45-10-9-37-32(44)24-17-22-7-5-6-8-23(22)27(24)39-30-25-18-38-42(31(25)41-34(36)40-30)33-29-28(26(19-43)49-33)50-35(3,4)51-29/h5-8,18,24,26-29,33,43H,1,9-17,19-20H2,2-4H3,(H,37,44)(H,39,40,41)/t24-,26+,27+,28+,29+,33+/m0/s1. The number of hydrogen-bond donors (Lipinski definition) is 3. The third-order valence-corrected chi connectivity index (χ3v) is 9.01. The van der Waals surface area contributed by atoms with E-state index < -0.39 is 42.3 Å². The fourth-order valence-corrected chi connectivity index (χ4v) is 6.81. The van der Waals surface area contributed by atoms with Crippen molar-refractivity contribution in [1.82, 2.24) is 25.1 Å². The van der Waals surface area contributed by atoms with Crippen LogP contribution < -0.4 is 10.6 Å². The molecule has 6 rings (SSSR count). The molecule has 2 aromatic heterocycles. The van der Waals surface area contributed by atoms with Gasteiger partial charge in [0.05, 0.1) is 83.0 Å². The van der Waals surface area contributed by atoms with E-state index in [1.54, 1.807) is 10.9 Å². The number of carbonyl (C=O) groups is 1. The molecule has 4 heterocycles. The molecule has 51 heavy (non-hydrogen) atoms. The third kappa shape index (κ3) is 9.04. The van der Waals surface area contributed by atoms with Crippen LogP contribution in [0, 0.1) is 5.92 Å². The number of nitrogens with one attached hydrogen (secondary N) is 2. The highest BCUT2D eigenvalue weighted by Crippen LogP contribution is 2.44. The van der Waals surface area contributed by atoms with Gasteiger partial charge in [-0.15, -0.1) is 0 Å². The molecule has 0 radical (unpaired) electrons. The van der Waals surface area contributed by atoms with Gasteiger partial charge in [-0.3, -0.25) is 4.79 Å². The Morgan fingerprint density at radius 3 is 2.45 bits per heavy atom. The summed E-state index contributed by atoms with van der Waals surface area (Å²) in [5.41, 5.74) is 3.46. The molecule has 3 aromatic rings. The quantitative estimate of drug-likeness (QED) is 0.0936. The van der Waals surface area contributed by atoms with Crippen molar-refractivity contribution in [3.8, 4) is 0 Å². The van der Waals surface area contributed by atoms with Crippen molar-refractivity contribution in [1.29, 1.82) is 0 Å². The zero-order chi connectivity index (χ0) is 36.0. The average molecular weight is 731 g/mol. The van der Waals surface area contributed by atoms with Gasteiger partial charge in [0.15, 0.2) is 17.7 Å². The molecular weight excluding hydrogens is 684 g/mol. The number of aliphatic hydroxyl groups excluding tert-OH is 1. The number of aromatic nitrogens is 4. The molecule has 2 aliphatic heterocycles. The molecule has 278 valence electrons. The summed E-state index contributed by atoms with van der Waals surface area (Å²) in [5.74, 6) is -0.957. The molecular formula is C35H47ClN6O9. The van der Waals surface area contributed by atoms with Gasteiger partial charge in [0, 0.05) is 6.54 Å². The summed E-state index contributed by atoms with van der Waals surface area (Å²) in [6, 6.07) is 7.56. The van der Waals surface area contributed by atoms with Crippen molar-refractivity contribution >= 4 is 34.4 Å². The van der Waals surface area contributed by atoms with Gasteiger partial charge >= 0.3 is 0 Å². The summed E-state index contributed by atoms with van der Waals surface area (Å²) >= 11 is 6.48. The van der Waals surface area contributed by atoms with E-state index in [0.29, 0.717) is 82.7 Å². The van der Waals surface area contributed by atoms with Gasteiger partial charge in [-0.2, -0.15) is 15.1 Å². The molecule has 6 atom stereocenters. The van der Waals surface area contributed by atoms with E-state index in [0.717, 1.165) is 16.7 Å². The molecule has 0 unspecified atom stereocenters. The van der Waals surface area contributed by atoms with E-state index >= 15 is 0 Å². The van der Waals surface area contributed by atoms with Gasteiger partial charge in [0.25, 0.3) is 0 Å². The number of aliphatic hydroxyl groups is 1. The highest BCUT2D eigenvalue weighted by Gasteiger charge is 2.56. The molecule has 0 saturated carbocycles. The number of hydrogen-bond acceptors (Lipinski definition) is 13. The first kappa shape index (κ1) is 37.5. The first-order valence-electron chi connectivity index (χ1n) is 17.3. The molecule has 16 heteroatoms. The lowest BCUT2D eigenvalue weighted by Crippen LogP contribution is -2.37. The van der Waals surface area contributed by atoms with Crippen LogP contribution in [0.2, 0.25) is 5.28 Å². The molecule has 15 nitrogen and oxygen atoms in total. The minimum atomic E-state index is -0.851. The maximum Gasteiger partial charge on any atom is 0.226 e. The van der Waals surface area contributed by atoms with Crippen molar-refractivity contribution in [3.05, 3.63) is 59.0 Å². The van der Waals surface area contributed by atoms with E-state index in [2.05, 4.69) is 32.3 Å². The maximum absolute atomic E-state index is 13.6. The fourth-order valence-electron chi connectivity index (χ4n) is 6.65. The van der Waals surface area contributed by atoms with Gasteiger partial charge in [-0.25, -0.2) is 4.68 Å². The van der Waals surface area contributed by atoms with Crippen molar-refractivity contribution < 1.29 is 43.1 Å². The van der Waals surface area contributed by atoms with Crippen molar-refractivity contribution in [2.24, 2.45) is 5.92 Å². The number of nitrogens with zero attached hydrogens (tertiary/aromatic N) is 4. The predicted molar refractivity (Wildman–Crippen MR) is 186 cm³/mol. The maximum atomic E-state index is 13.6. The number of amides is 1. The smallest absolute Gasteiger partial charge is 0.226 e. The lowest BCUT2D eigenvalue weighted by atomic mass is 9.99. The first-order valence-corrected chi connectivity index (χ1v) is 17.6. The van der Waals surface area contributed by atoms with Crippen LogP contribution in [0.5, 0.6) is 0 Å². The average Bonchev–Trinajstić information content (AvgIpc) is 3.84. The number of halogens is 1. The number of carbonyl (C=O) groups excluding carboxylic acids is 1. The van der Waals surface area contributed by atoms with Crippen molar-refractivity contribution in [2.45, 2.75) is 63.6 Å². The highest BCUT2D eigenvalue weighted by atomic mass is 35.5. The second-order valence-corrected chi connectivity index (χ2v) is 13.6. The molecule has 1 aliphatic carbocycles. The van der Waals surface area contributed by atoms with Crippen LogP contribution in [0.3, 0.4) is 0 Å². The summed E-state index contributed by atoms with van der Waals surface area (Å²) in [6.45, 7) is 13.1. The van der Waals surface area contributed by atoms with Gasteiger partial charge in [0.1, 0.15) is 24.1 Å². The lowest BCUT2D eigenvalue weighted by Gasteiger charge is -2.24. The Labute approximate surface area is 301 Å². The highest BCUT2D eigenvalue weighted by molar-refractivity contribution is 6.28. The Morgan fingerprint density at radius 1 is 1.04 bits per heavy atom. The first-order chi connectivity index (χ1) is 24.6. The summed E-state index contributed by atoms with van der Waals surface area (Å²) in [5, 5.41) is 21.7. The molecule has 3 N–H and O–H groups in total. The zero-order valence-electron chi connectivity index (χ0n) is 29.2. The number of anilines is 1. The van der Waals surface area contributed by atoms with Crippen LogP contribution in [-0.4, -0.2) is 121 Å². The summed E-state index contributed by atoms with van der Waals surface area (Å²) in [7, 11) is 0. The van der Waals surface area contributed by atoms with E-state index in [4.69, 9.17) is 44.8 Å². The van der Waals surface area contributed by atoms with E-state index in [1.807, 2.05) is 45.0 Å². The zero-order valence-corrected chi connectivity index (χ0v) is 30.0. The second kappa shape index (κ2) is 17.1. The van der Waals surface area contributed by atoms with Crippen LogP contribution in [0.15, 0.2) is 42.6 Å². The van der Waals surface area contributed by atoms with Crippen LogP contribution in [0.4, 0.5) is 5.82 Å². The van der Waals surface area contributed by atoms with E-state index in [9.17, 15) is 9.90 Å². The van der Waals surface area contributed by atoms with Crippen molar-refractivity contribution in [2.75, 3.05) is 71.3 Å². The largest absolute Gasteiger partial charge is 0.394 e. The number of rotatable bonds is 19. The van der Waals surface area contributed by atoms with Gasteiger partial charge in [-0.1, -0.05) is 36.4 Å². The Bertz CT molecular complexity index is 1660. The van der Waals surface area contributed by atoms with Crippen molar-refractivity contribution in [3.63, 3.8) is 0 Å². The predicted octanol–water partition coefficient (Wildman–Crippen LogP) is 2.97. The molecule has 2 fully saturated rings. The minimum absolute atomic E-state index is 0.00576. The van der Waals surface area contributed by atoms with Crippen LogP contribution in [-0.2, 0) is 44.4 Å². The second-order valence-electron chi connectivity index (χ2n) is 13.2. The minimum Gasteiger partial charge on any atom is -0.394 e. The van der Waals surface area contributed by atoms with Gasteiger partial charge < -0.3 is 48.9 Å². The summed E-state index contributed by atoms with van der Waals surface area (Å²) < 4.78 is 42.0. The van der Waals surface area contributed by atoms with Gasteiger partial charge in [0.2, 0.25) is 11.2 Å². The summed E-state index contributed by atoms with van der Waals surface area (Å²) in [4.78, 5) is 22.6. The Morgan fingerprint density at radius 2 is 1.73 bits per heavy atom. The normalized spacial score (nSPS) is 24.9. The molecule has 0 bridgehead atoms. The summed E-state index contributed by atoms with van der Waals surface area (Å²) in [6.07, 6.45) is -0.153. The van der Waals surface area contributed by atoms with E-state index in [1.165, 1.54) is 0 Å². The Balaban J connectivity index is 1.03. The molecule has 2 saturated heterocycles. The van der Waals surface area contributed by atoms with Crippen LogP contribution in [0.25, 0.3) is 11.0 Å². The number of fused-ring (bicyclic) bond motifs is 3. The SMILES string of the molecule is C=C(C)COCCOCCOCCOCCNC(=O)[C@H]1Cc2ccccc2[C@H]1Nc1nc(Cl)nc2c1cnn2[C@@H]1O[C@H](CO)[C@H]2OC(C)(C)O[C@H]21. The van der Waals surface area contributed by atoms with E-state index in [-0.39, 0.29) is 17.8 Å². The molecule has 0 spiro atoms. The molecule has 1 amide bonds. The van der Waals surface area contributed by atoms with Crippen LogP contribution >= 0.6 is 11.6 Å². The van der Waals surface area contributed by atoms with Gasteiger partial charge in [-0.05, 0) is 49.9 Å². The Hall–Kier alpha value is -3.25. The fraction of sp³-hybridized carbons (Fsp3) is 0.600. The Kier molecular flexibility index (Phi) is 12.5. The van der Waals surface area contributed by atoms with Crippen LogP contribution in [0.1, 0.15) is 44.2 Å².